The van der Waals surface area contributed by atoms with Crippen LogP contribution in [0.1, 0.15) is 101 Å². The third-order valence-corrected chi connectivity index (χ3v) is 6.09. The molecule has 1 aliphatic heterocycles. The van der Waals surface area contributed by atoms with E-state index in [4.69, 9.17) is 9.47 Å². The Balaban J connectivity index is 1.81. The summed E-state index contributed by atoms with van der Waals surface area (Å²) in [4.78, 5) is 13.2. The van der Waals surface area contributed by atoms with E-state index in [0.717, 1.165) is 35.6 Å². The number of para-hydroxylation sites is 1. The fraction of sp³-hybridized carbons (Fsp3) is 0.519. The van der Waals surface area contributed by atoms with Crippen LogP contribution in [0.3, 0.4) is 0 Å². The zero-order chi connectivity index (χ0) is 22.4. The van der Waals surface area contributed by atoms with Crippen molar-refractivity contribution in [1.29, 1.82) is 0 Å². The van der Waals surface area contributed by atoms with Gasteiger partial charge in [-0.05, 0) is 53.0 Å². The quantitative estimate of drug-likeness (QED) is 0.406. The topological polar surface area (TPSA) is 47.6 Å². The molecule has 1 aliphatic rings. The van der Waals surface area contributed by atoms with Crippen molar-refractivity contribution in [3.05, 3.63) is 53.1 Å². The van der Waals surface area contributed by atoms with Crippen molar-refractivity contribution in [2.75, 3.05) is 12.1 Å². The predicted molar refractivity (Wildman–Crippen MR) is 127 cm³/mol. The fourth-order valence-corrected chi connectivity index (χ4v) is 4.30. The van der Waals surface area contributed by atoms with E-state index in [1.54, 1.807) is 0 Å². The molecule has 0 spiro atoms. The van der Waals surface area contributed by atoms with Crippen LogP contribution < -0.4 is 14.8 Å². The Morgan fingerprint density at radius 3 is 2.29 bits per heavy atom. The average Bonchev–Trinajstić information content (AvgIpc) is 3.20. The molecule has 1 atom stereocenters. The van der Waals surface area contributed by atoms with E-state index < -0.39 is 0 Å². The molecular formula is C27H37NO3. The summed E-state index contributed by atoms with van der Waals surface area (Å²) < 4.78 is 11.0. The summed E-state index contributed by atoms with van der Waals surface area (Å²) in [7, 11) is 0. The lowest BCUT2D eigenvalue weighted by Gasteiger charge is -2.22. The first kappa shape index (κ1) is 23.2. The van der Waals surface area contributed by atoms with Crippen LogP contribution in [0, 0.1) is 0 Å². The molecule has 1 heterocycles. The molecule has 31 heavy (non-hydrogen) atoms. The van der Waals surface area contributed by atoms with Gasteiger partial charge in [0, 0.05) is 12.1 Å². The maximum Gasteiger partial charge on any atom is 0.231 e. The molecule has 0 saturated carbocycles. The molecule has 1 N–H and O–H groups in total. The number of unbranched alkanes of at least 4 members (excludes halogenated alkanes) is 2. The zero-order valence-electron chi connectivity index (χ0n) is 19.7. The number of carbonyl (C=O) groups is 1. The average molecular weight is 424 g/mol. The molecule has 4 nitrogen and oxygen atoms in total. The normalized spacial score (nSPS) is 13.6. The van der Waals surface area contributed by atoms with E-state index in [1.807, 2.05) is 12.1 Å². The summed E-state index contributed by atoms with van der Waals surface area (Å²) in [5, 5.41) is 3.29. The van der Waals surface area contributed by atoms with Gasteiger partial charge < -0.3 is 14.8 Å². The minimum absolute atomic E-state index is 0.0779. The Morgan fingerprint density at radius 1 is 0.968 bits per heavy atom. The van der Waals surface area contributed by atoms with Crippen molar-refractivity contribution in [3.8, 4) is 11.5 Å². The SMILES string of the molecule is CCCCC[C@H](CC(=O)Nc1c(C(C)C)cccc1C(C)C)c1ccc2c(c1)OCO2. The number of rotatable bonds is 10. The van der Waals surface area contributed by atoms with Crippen molar-refractivity contribution >= 4 is 11.6 Å². The van der Waals surface area contributed by atoms with Crippen molar-refractivity contribution in [3.63, 3.8) is 0 Å². The van der Waals surface area contributed by atoms with Gasteiger partial charge in [-0.25, -0.2) is 0 Å². The Morgan fingerprint density at radius 2 is 1.65 bits per heavy atom. The summed E-state index contributed by atoms with van der Waals surface area (Å²) in [5.74, 6) is 2.51. The van der Waals surface area contributed by atoms with E-state index in [2.05, 4.69) is 64.2 Å². The summed E-state index contributed by atoms with van der Waals surface area (Å²) in [5.41, 5.74) is 4.54. The Labute approximate surface area is 187 Å². The molecule has 1 amide bonds. The summed E-state index contributed by atoms with van der Waals surface area (Å²) in [6, 6.07) is 12.5. The van der Waals surface area contributed by atoms with Gasteiger partial charge in [-0.15, -0.1) is 0 Å². The molecule has 168 valence electrons. The van der Waals surface area contributed by atoms with Crippen LogP contribution in [-0.2, 0) is 4.79 Å². The lowest BCUT2D eigenvalue weighted by molar-refractivity contribution is -0.116. The first-order chi connectivity index (χ1) is 14.9. The Kier molecular flexibility index (Phi) is 8.00. The molecule has 0 unspecified atom stereocenters. The number of nitrogens with one attached hydrogen (secondary N) is 1. The van der Waals surface area contributed by atoms with Gasteiger partial charge in [0.2, 0.25) is 12.7 Å². The Hall–Kier alpha value is -2.49. The second kappa shape index (κ2) is 10.7. The number of carbonyl (C=O) groups excluding carboxylic acids is 1. The van der Waals surface area contributed by atoms with Gasteiger partial charge >= 0.3 is 0 Å². The highest BCUT2D eigenvalue weighted by Gasteiger charge is 2.22. The van der Waals surface area contributed by atoms with E-state index in [0.29, 0.717) is 18.3 Å². The minimum atomic E-state index is 0.0779. The van der Waals surface area contributed by atoms with E-state index in [-0.39, 0.29) is 18.6 Å². The van der Waals surface area contributed by atoms with Crippen LogP contribution in [0.2, 0.25) is 0 Å². The Bertz CT molecular complexity index is 862. The zero-order valence-corrected chi connectivity index (χ0v) is 19.7. The van der Waals surface area contributed by atoms with Crippen molar-refractivity contribution in [2.45, 2.75) is 84.5 Å². The summed E-state index contributed by atoms with van der Waals surface area (Å²) in [6.45, 7) is 11.2. The number of hydrogen-bond acceptors (Lipinski definition) is 3. The maximum atomic E-state index is 13.2. The molecule has 0 radical (unpaired) electrons. The smallest absolute Gasteiger partial charge is 0.231 e. The van der Waals surface area contributed by atoms with E-state index in [1.165, 1.54) is 24.0 Å². The van der Waals surface area contributed by atoms with Crippen LogP contribution in [0.15, 0.2) is 36.4 Å². The molecule has 0 aliphatic carbocycles. The van der Waals surface area contributed by atoms with Crippen molar-refractivity contribution < 1.29 is 14.3 Å². The summed E-state index contributed by atoms with van der Waals surface area (Å²) >= 11 is 0. The maximum absolute atomic E-state index is 13.2. The molecule has 0 saturated heterocycles. The van der Waals surface area contributed by atoms with Gasteiger partial charge in [0.1, 0.15) is 0 Å². The molecule has 0 fully saturated rings. The fourth-order valence-electron chi connectivity index (χ4n) is 4.30. The largest absolute Gasteiger partial charge is 0.454 e. The highest BCUT2D eigenvalue weighted by atomic mass is 16.7. The third kappa shape index (κ3) is 5.81. The molecule has 0 bridgehead atoms. The predicted octanol–water partition coefficient (Wildman–Crippen LogP) is 7.35. The molecular weight excluding hydrogens is 386 g/mol. The standard InChI is InChI=1S/C27H37NO3/c1-6-7-8-10-20(21-13-14-24-25(15-21)31-17-30-24)16-26(29)28-27-22(18(2)3)11-9-12-23(27)19(4)5/h9,11-15,18-20H,6-8,10,16-17H2,1-5H3,(H,28,29)/t20-/m1/s1. The molecule has 2 aromatic rings. The second-order valence-corrected chi connectivity index (χ2v) is 9.18. The monoisotopic (exact) mass is 423 g/mol. The summed E-state index contributed by atoms with van der Waals surface area (Å²) in [6.07, 6.45) is 4.91. The number of anilines is 1. The van der Waals surface area contributed by atoms with Gasteiger partial charge in [0.15, 0.2) is 11.5 Å². The first-order valence-electron chi connectivity index (χ1n) is 11.7. The van der Waals surface area contributed by atoms with E-state index >= 15 is 0 Å². The first-order valence-corrected chi connectivity index (χ1v) is 11.7. The number of fused-ring (bicyclic) bond motifs is 1. The van der Waals surface area contributed by atoms with Crippen LogP contribution in [-0.4, -0.2) is 12.7 Å². The van der Waals surface area contributed by atoms with Gasteiger partial charge in [-0.2, -0.15) is 0 Å². The molecule has 3 rings (SSSR count). The minimum Gasteiger partial charge on any atom is -0.454 e. The second-order valence-electron chi connectivity index (χ2n) is 9.18. The molecule has 2 aromatic carbocycles. The highest BCUT2D eigenvalue weighted by Crippen LogP contribution is 2.38. The van der Waals surface area contributed by atoms with Crippen LogP contribution in [0.4, 0.5) is 5.69 Å². The number of amides is 1. The van der Waals surface area contributed by atoms with Gasteiger partial charge in [0.05, 0.1) is 0 Å². The number of ether oxygens (including phenoxy) is 2. The molecule has 4 heteroatoms. The van der Waals surface area contributed by atoms with Gasteiger partial charge in [0.25, 0.3) is 0 Å². The lowest BCUT2D eigenvalue weighted by atomic mass is 9.89. The van der Waals surface area contributed by atoms with Gasteiger partial charge in [-0.3, -0.25) is 4.79 Å². The lowest BCUT2D eigenvalue weighted by Crippen LogP contribution is -2.18. The van der Waals surface area contributed by atoms with Crippen molar-refractivity contribution in [1.82, 2.24) is 0 Å². The van der Waals surface area contributed by atoms with E-state index in [9.17, 15) is 4.79 Å². The van der Waals surface area contributed by atoms with Crippen LogP contribution in [0.25, 0.3) is 0 Å². The van der Waals surface area contributed by atoms with Crippen LogP contribution >= 0.6 is 0 Å². The van der Waals surface area contributed by atoms with Crippen molar-refractivity contribution in [2.24, 2.45) is 0 Å². The third-order valence-electron chi connectivity index (χ3n) is 6.09. The highest BCUT2D eigenvalue weighted by molar-refractivity contribution is 5.93. The number of hydrogen-bond donors (Lipinski definition) is 1. The molecule has 0 aromatic heterocycles. The number of benzene rings is 2. The van der Waals surface area contributed by atoms with Gasteiger partial charge in [-0.1, -0.05) is 78.1 Å². The van der Waals surface area contributed by atoms with Crippen LogP contribution in [0.5, 0.6) is 11.5 Å².